The molecule has 0 atom stereocenters. The number of rotatable bonds is 5. The first-order chi connectivity index (χ1) is 11.5. The van der Waals surface area contributed by atoms with Gasteiger partial charge in [0, 0.05) is 6.20 Å². The number of benzene rings is 1. The number of alkyl halides is 3. The van der Waals surface area contributed by atoms with Crippen molar-refractivity contribution in [3.63, 3.8) is 0 Å². The van der Waals surface area contributed by atoms with Crippen molar-refractivity contribution >= 4 is 33.4 Å². The Labute approximate surface area is 144 Å². The Hall–Kier alpha value is -2.37. The molecule has 134 valence electrons. The van der Waals surface area contributed by atoms with Gasteiger partial charge in [-0.3, -0.25) is 5.43 Å². The molecule has 0 unspecified atom stereocenters. The maximum Gasteiger partial charge on any atom is 0.417 e. The molecule has 2 aromatic rings. The second kappa shape index (κ2) is 6.86. The first kappa shape index (κ1) is 19.0. The maximum absolute atomic E-state index is 12.5. The second-order valence-electron chi connectivity index (χ2n) is 4.61. The van der Waals surface area contributed by atoms with Crippen molar-refractivity contribution in [3.05, 3.63) is 52.7 Å². The quantitative estimate of drug-likeness (QED) is 0.672. The third-order valence-corrected chi connectivity index (χ3v) is 4.44. The molecule has 0 spiro atoms. The summed E-state index contributed by atoms with van der Waals surface area (Å²) >= 11 is 5.64. The van der Waals surface area contributed by atoms with Gasteiger partial charge >= 0.3 is 12.1 Å². The van der Waals surface area contributed by atoms with Crippen LogP contribution in [0.1, 0.15) is 15.9 Å². The molecule has 0 aliphatic rings. The molecule has 1 heterocycles. The fourth-order valence-electron chi connectivity index (χ4n) is 1.64. The fraction of sp³-hybridized carbons (Fsp3) is 0.0769. The van der Waals surface area contributed by atoms with Crippen molar-refractivity contribution in [1.82, 2.24) is 9.82 Å². The van der Waals surface area contributed by atoms with Crippen LogP contribution < -0.4 is 10.3 Å². The van der Waals surface area contributed by atoms with Gasteiger partial charge in [-0.15, -0.1) is 4.83 Å². The average molecular weight is 396 g/mol. The van der Waals surface area contributed by atoms with Gasteiger partial charge in [0.2, 0.25) is 0 Å². The predicted molar refractivity (Wildman–Crippen MR) is 81.6 cm³/mol. The van der Waals surface area contributed by atoms with Crippen molar-refractivity contribution < 1.29 is 31.5 Å². The number of carbonyl (C=O) groups is 1. The second-order valence-corrected chi connectivity index (χ2v) is 6.70. The molecule has 1 aromatic heterocycles. The zero-order chi connectivity index (χ0) is 18.8. The van der Waals surface area contributed by atoms with Crippen LogP contribution in [0.3, 0.4) is 0 Å². The molecule has 0 bridgehead atoms. The van der Waals surface area contributed by atoms with Gasteiger partial charge in [0.15, 0.2) is 5.82 Å². The highest BCUT2D eigenvalue weighted by Crippen LogP contribution is 2.32. The van der Waals surface area contributed by atoms with Gasteiger partial charge < -0.3 is 5.11 Å². The Morgan fingerprint density at radius 2 is 1.80 bits per heavy atom. The third-order valence-electron chi connectivity index (χ3n) is 2.88. The van der Waals surface area contributed by atoms with Crippen LogP contribution in [0, 0.1) is 0 Å². The molecule has 0 amide bonds. The van der Waals surface area contributed by atoms with Gasteiger partial charge in [0.05, 0.1) is 21.0 Å². The first-order valence-electron chi connectivity index (χ1n) is 6.34. The van der Waals surface area contributed by atoms with Gasteiger partial charge in [0.25, 0.3) is 10.0 Å². The number of hydrazine groups is 1. The zero-order valence-electron chi connectivity index (χ0n) is 12.0. The Kier molecular flexibility index (Phi) is 5.20. The summed E-state index contributed by atoms with van der Waals surface area (Å²) < 4.78 is 61.6. The average Bonchev–Trinajstić information content (AvgIpc) is 2.53. The summed E-state index contributed by atoms with van der Waals surface area (Å²) in [6.45, 7) is 0. The Balaban J connectivity index is 2.15. The zero-order valence-corrected chi connectivity index (χ0v) is 13.6. The minimum absolute atomic E-state index is 0.112. The number of hydrogen-bond donors (Lipinski definition) is 3. The number of sulfonamides is 1. The maximum atomic E-state index is 12.5. The Morgan fingerprint density at radius 1 is 1.20 bits per heavy atom. The van der Waals surface area contributed by atoms with Crippen LogP contribution in [0.15, 0.2) is 41.4 Å². The van der Waals surface area contributed by atoms with Gasteiger partial charge in [0.1, 0.15) is 0 Å². The fourth-order valence-corrected chi connectivity index (χ4v) is 2.69. The first-order valence-corrected chi connectivity index (χ1v) is 8.21. The minimum atomic E-state index is -4.64. The number of aromatic nitrogens is 1. The highest BCUT2D eigenvalue weighted by Gasteiger charge is 2.31. The molecule has 0 aliphatic carbocycles. The Bertz CT molecular complexity index is 902. The number of halogens is 4. The summed E-state index contributed by atoms with van der Waals surface area (Å²) in [6.07, 6.45) is -4.15. The lowest BCUT2D eigenvalue weighted by molar-refractivity contribution is -0.137. The highest BCUT2D eigenvalue weighted by atomic mass is 35.5. The summed E-state index contributed by atoms with van der Waals surface area (Å²) in [6, 6.07) is 4.86. The molecule has 7 nitrogen and oxygen atoms in total. The highest BCUT2D eigenvalue weighted by molar-refractivity contribution is 7.89. The molecule has 0 saturated heterocycles. The number of aromatic carboxylic acids is 1. The van der Waals surface area contributed by atoms with E-state index in [1.54, 1.807) is 0 Å². The lowest BCUT2D eigenvalue weighted by Crippen LogP contribution is -2.30. The number of anilines is 1. The summed E-state index contributed by atoms with van der Waals surface area (Å²) in [4.78, 5) is 15.8. The largest absolute Gasteiger partial charge is 0.478 e. The van der Waals surface area contributed by atoms with Crippen molar-refractivity contribution in [3.8, 4) is 0 Å². The van der Waals surface area contributed by atoms with E-state index in [2.05, 4.69) is 10.4 Å². The van der Waals surface area contributed by atoms with Crippen LogP contribution in [0.4, 0.5) is 19.0 Å². The van der Waals surface area contributed by atoms with Gasteiger partial charge in [-0.1, -0.05) is 11.6 Å². The van der Waals surface area contributed by atoms with Gasteiger partial charge in [-0.05, 0) is 30.3 Å². The summed E-state index contributed by atoms with van der Waals surface area (Å²) in [7, 11) is -4.13. The molecule has 0 aliphatic heterocycles. The number of carboxylic acid groups (broad SMARTS) is 1. The van der Waals surface area contributed by atoms with Crippen LogP contribution in [0.25, 0.3) is 0 Å². The van der Waals surface area contributed by atoms with E-state index in [9.17, 15) is 26.4 Å². The molecule has 1 aromatic carbocycles. The van der Waals surface area contributed by atoms with Crippen LogP contribution in [-0.2, 0) is 16.2 Å². The normalized spacial score (nSPS) is 12.0. The van der Waals surface area contributed by atoms with Crippen molar-refractivity contribution in [2.45, 2.75) is 11.1 Å². The molecule has 3 N–H and O–H groups in total. The number of nitrogens with one attached hydrogen (secondary N) is 2. The van der Waals surface area contributed by atoms with Crippen molar-refractivity contribution in [1.29, 1.82) is 0 Å². The van der Waals surface area contributed by atoms with Gasteiger partial charge in [-0.25, -0.2) is 18.2 Å². The van der Waals surface area contributed by atoms with E-state index in [0.717, 1.165) is 24.3 Å². The molecular weight excluding hydrogens is 387 g/mol. The van der Waals surface area contributed by atoms with E-state index < -0.39 is 32.8 Å². The molecular formula is C13H9ClF3N3O4S. The summed E-state index contributed by atoms with van der Waals surface area (Å²) in [5.74, 6) is -1.56. The lowest BCUT2D eigenvalue weighted by atomic mass is 10.2. The predicted octanol–water partition coefficient (Wildman–Crippen LogP) is 2.76. The lowest BCUT2D eigenvalue weighted by Gasteiger charge is -2.12. The van der Waals surface area contributed by atoms with E-state index in [-0.39, 0.29) is 16.3 Å². The van der Waals surface area contributed by atoms with Crippen molar-refractivity contribution in [2.24, 2.45) is 0 Å². The van der Waals surface area contributed by atoms with Crippen molar-refractivity contribution in [2.75, 3.05) is 5.43 Å². The van der Waals surface area contributed by atoms with Crippen LogP contribution in [-0.4, -0.2) is 24.5 Å². The molecule has 25 heavy (non-hydrogen) atoms. The number of carboxylic acids is 1. The van der Waals surface area contributed by atoms with E-state index in [1.165, 1.54) is 0 Å². The van der Waals surface area contributed by atoms with Crippen LogP contribution in [0.5, 0.6) is 0 Å². The molecule has 0 fully saturated rings. The number of pyridine rings is 1. The third kappa shape index (κ3) is 4.59. The number of nitrogens with zero attached hydrogens (tertiary/aromatic N) is 1. The van der Waals surface area contributed by atoms with E-state index in [0.29, 0.717) is 12.3 Å². The molecule has 2 rings (SSSR count). The number of hydrogen-bond acceptors (Lipinski definition) is 5. The van der Waals surface area contributed by atoms with E-state index in [1.807, 2.05) is 4.83 Å². The standard InChI is InChI=1S/C13H9ClF3N3O4S/c14-10-5-8(13(15,16)17)6-18-11(10)19-20-25(23,24)9-3-1-7(2-4-9)12(21)22/h1-6,20H,(H,18,19)(H,21,22). The minimum Gasteiger partial charge on any atom is -0.478 e. The topological polar surface area (TPSA) is 108 Å². The van der Waals surface area contributed by atoms with Crippen LogP contribution >= 0.6 is 11.6 Å². The summed E-state index contributed by atoms with van der Waals surface area (Å²) in [5, 5.41) is 8.31. The van der Waals surface area contributed by atoms with E-state index in [4.69, 9.17) is 16.7 Å². The molecule has 12 heteroatoms. The Morgan fingerprint density at radius 3 is 2.28 bits per heavy atom. The van der Waals surface area contributed by atoms with Crippen LogP contribution in [0.2, 0.25) is 5.02 Å². The monoisotopic (exact) mass is 395 g/mol. The summed E-state index contributed by atoms with van der Waals surface area (Å²) in [5.41, 5.74) is 0.904. The van der Waals surface area contributed by atoms with Gasteiger partial charge in [-0.2, -0.15) is 13.2 Å². The molecule has 0 saturated carbocycles. The smallest absolute Gasteiger partial charge is 0.417 e. The molecule has 0 radical (unpaired) electrons. The van der Waals surface area contributed by atoms with E-state index >= 15 is 0 Å². The SMILES string of the molecule is O=C(O)c1ccc(S(=O)(=O)NNc2ncc(C(F)(F)F)cc2Cl)cc1.